The summed E-state index contributed by atoms with van der Waals surface area (Å²) in [7, 11) is 0. The number of unbranched alkanes of at least 4 members (excludes halogenated alkanes) is 5. The molecule has 2 aromatic carbocycles. The Balaban J connectivity index is 1.30. The molecule has 192 valence electrons. The van der Waals surface area contributed by atoms with Crippen LogP contribution in [0.4, 0.5) is 0 Å². The quantitative estimate of drug-likeness (QED) is 0.183. The van der Waals surface area contributed by atoms with Gasteiger partial charge in [-0.1, -0.05) is 93.1 Å². The Morgan fingerprint density at radius 2 is 1.57 bits per heavy atom. The van der Waals surface area contributed by atoms with Crippen molar-refractivity contribution in [2.75, 3.05) is 0 Å². The highest BCUT2D eigenvalue weighted by molar-refractivity contribution is 7.15. The molecule has 0 spiro atoms. The second kappa shape index (κ2) is 12.2. The molecule has 1 aliphatic rings. The molecule has 0 radical (unpaired) electrons. The van der Waals surface area contributed by atoms with Crippen molar-refractivity contribution in [3.05, 3.63) is 98.4 Å². The van der Waals surface area contributed by atoms with Gasteiger partial charge < -0.3 is 0 Å². The van der Waals surface area contributed by atoms with Crippen molar-refractivity contribution in [3.63, 3.8) is 0 Å². The lowest BCUT2D eigenvalue weighted by molar-refractivity contribution is 0.607. The monoisotopic (exact) mass is 530 g/mol. The summed E-state index contributed by atoms with van der Waals surface area (Å²) in [6, 6.07) is 19.5. The van der Waals surface area contributed by atoms with Crippen LogP contribution < -0.4 is 0 Å². The summed E-state index contributed by atoms with van der Waals surface area (Å²) in [5.74, 6) is 1.76. The highest BCUT2D eigenvalue weighted by Crippen LogP contribution is 2.35. The first-order valence-electron chi connectivity index (χ1n) is 13.6. The Morgan fingerprint density at radius 1 is 0.838 bits per heavy atom. The molecular weight excluding hydrogens is 496 g/mol. The smallest absolute Gasteiger partial charge is 0.160 e. The first-order valence-corrected chi connectivity index (χ1v) is 14.7. The Morgan fingerprint density at radius 3 is 2.35 bits per heavy atom. The van der Waals surface area contributed by atoms with Gasteiger partial charge in [0, 0.05) is 21.0 Å². The highest BCUT2D eigenvalue weighted by Gasteiger charge is 2.25. The molecule has 3 heterocycles. The number of nitrogens with zero attached hydrogens (tertiary/aromatic N) is 4. The molecular formula is C31H35ClN4S. The molecule has 0 unspecified atom stereocenters. The number of hydrogen-bond acceptors (Lipinski definition) is 4. The zero-order valence-corrected chi connectivity index (χ0v) is 23.4. The van der Waals surface area contributed by atoms with Crippen LogP contribution in [-0.2, 0) is 25.8 Å². The van der Waals surface area contributed by atoms with Crippen molar-refractivity contribution in [1.29, 1.82) is 0 Å². The van der Waals surface area contributed by atoms with Gasteiger partial charge in [0.2, 0.25) is 0 Å². The van der Waals surface area contributed by atoms with Crippen molar-refractivity contribution >= 4 is 28.6 Å². The zero-order chi connectivity index (χ0) is 25.6. The summed E-state index contributed by atoms with van der Waals surface area (Å²) in [6.45, 7) is 4.77. The largest absolute Gasteiger partial charge is 0.276 e. The van der Waals surface area contributed by atoms with Crippen molar-refractivity contribution in [1.82, 2.24) is 14.8 Å². The molecule has 0 saturated carbocycles. The van der Waals surface area contributed by atoms with Gasteiger partial charge in [-0.25, -0.2) is 0 Å². The van der Waals surface area contributed by atoms with E-state index in [-0.39, 0.29) is 0 Å². The lowest BCUT2D eigenvalue weighted by Gasteiger charge is -2.08. The second-order valence-electron chi connectivity index (χ2n) is 9.91. The first kappa shape index (κ1) is 25.9. The van der Waals surface area contributed by atoms with Crippen LogP contribution in [0.15, 0.2) is 59.6 Å². The van der Waals surface area contributed by atoms with Gasteiger partial charge in [-0.3, -0.25) is 9.56 Å². The van der Waals surface area contributed by atoms with Crippen molar-refractivity contribution < 1.29 is 0 Å². The topological polar surface area (TPSA) is 43.1 Å². The summed E-state index contributed by atoms with van der Waals surface area (Å²) in [5, 5.41) is 10.6. The Bertz CT molecular complexity index is 1370. The van der Waals surface area contributed by atoms with Crippen LogP contribution in [0.25, 0.3) is 5.00 Å². The van der Waals surface area contributed by atoms with Crippen LogP contribution in [0.5, 0.6) is 0 Å². The molecule has 0 saturated heterocycles. The van der Waals surface area contributed by atoms with Crippen LogP contribution in [0.2, 0.25) is 5.02 Å². The molecule has 4 aromatic rings. The Hall–Kier alpha value is -2.76. The molecule has 1 aliphatic heterocycles. The van der Waals surface area contributed by atoms with E-state index in [9.17, 15) is 0 Å². The minimum Gasteiger partial charge on any atom is -0.276 e. The third-order valence-corrected chi connectivity index (χ3v) is 8.63. The average molecular weight is 531 g/mol. The molecule has 0 N–H and O–H groups in total. The van der Waals surface area contributed by atoms with Gasteiger partial charge in [0.1, 0.15) is 17.4 Å². The molecule has 0 bridgehead atoms. The fourth-order valence-corrected chi connectivity index (χ4v) is 6.48. The van der Waals surface area contributed by atoms with Crippen molar-refractivity contribution in [2.24, 2.45) is 4.99 Å². The fraction of sp³-hybridized carbons (Fsp3) is 0.387. The number of rotatable bonds is 11. The fourth-order valence-electron chi connectivity index (χ4n) is 5.03. The number of fused-ring (bicyclic) bond motifs is 3. The van der Waals surface area contributed by atoms with E-state index in [1.54, 1.807) is 0 Å². The summed E-state index contributed by atoms with van der Waals surface area (Å²) in [6.07, 6.45) is 11.3. The Kier molecular flexibility index (Phi) is 8.52. The first-order chi connectivity index (χ1) is 18.1. The predicted octanol–water partition coefficient (Wildman–Crippen LogP) is 8.33. The number of hydrogen-bond donors (Lipinski definition) is 0. The molecule has 0 amide bonds. The van der Waals surface area contributed by atoms with Gasteiger partial charge in [-0.2, -0.15) is 0 Å². The number of aliphatic imine (C=N–C) groups is 1. The molecule has 2 aromatic heterocycles. The molecule has 0 atom stereocenters. The Labute approximate surface area is 229 Å². The number of aryl methyl sites for hydroxylation is 4. The third-order valence-electron chi connectivity index (χ3n) is 7.12. The molecule has 6 heteroatoms. The van der Waals surface area contributed by atoms with Crippen LogP contribution in [0, 0.1) is 6.92 Å². The molecule has 37 heavy (non-hydrogen) atoms. The molecule has 4 nitrogen and oxygen atoms in total. The van der Waals surface area contributed by atoms with Crippen molar-refractivity contribution in [3.8, 4) is 5.00 Å². The van der Waals surface area contributed by atoms with E-state index in [2.05, 4.69) is 52.0 Å². The molecule has 0 aliphatic carbocycles. The third kappa shape index (κ3) is 6.05. The number of aromatic nitrogens is 3. The van der Waals surface area contributed by atoms with E-state index in [0.717, 1.165) is 51.4 Å². The highest BCUT2D eigenvalue weighted by atomic mass is 35.5. The SMILES string of the molecule is CCCCCCCCc1ccc(CCc2cc3c(s2)-n2c(C)nnc2CN=C3c2ccccc2Cl)cc1. The van der Waals surface area contributed by atoms with E-state index >= 15 is 0 Å². The zero-order valence-electron chi connectivity index (χ0n) is 21.8. The van der Waals surface area contributed by atoms with E-state index in [4.69, 9.17) is 16.6 Å². The number of benzene rings is 2. The maximum absolute atomic E-state index is 6.60. The van der Waals surface area contributed by atoms with Gasteiger partial charge in [0.05, 0.1) is 5.71 Å². The van der Waals surface area contributed by atoms with Crippen LogP contribution in [0.3, 0.4) is 0 Å². The lowest BCUT2D eigenvalue weighted by Crippen LogP contribution is -2.05. The van der Waals surface area contributed by atoms with Crippen LogP contribution in [-0.4, -0.2) is 20.5 Å². The van der Waals surface area contributed by atoms with Crippen LogP contribution >= 0.6 is 22.9 Å². The summed E-state index contributed by atoms with van der Waals surface area (Å²) >= 11 is 8.42. The van der Waals surface area contributed by atoms with E-state index < -0.39 is 0 Å². The van der Waals surface area contributed by atoms with Gasteiger partial charge in [-0.15, -0.1) is 21.5 Å². The normalized spacial score (nSPS) is 12.7. The average Bonchev–Trinajstić information content (AvgIpc) is 3.45. The summed E-state index contributed by atoms with van der Waals surface area (Å²) in [4.78, 5) is 6.29. The van der Waals surface area contributed by atoms with Gasteiger partial charge in [0.25, 0.3) is 0 Å². The number of thiophene rings is 1. The summed E-state index contributed by atoms with van der Waals surface area (Å²) < 4.78 is 2.16. The lowest BCUT2D eigenvalue weighted by atomic mass is 10.0. The predicted molar refractivity (Wildman–Crippen MR) is 156 cm³/mol. The van der Waals surface area contributed by atoms with E-state index in [0.29, 0.717) is 6.54 Å². The van der Waals surface area contributed by atoms with Gasteiger partial charge in [-0.05, 0) is 55.9 Å². The summed E-state index contributed by atoms with van der Waals surface area (Å²) in [5.41, 5.74) is 5.86. The van der Waals surface area contributed by atoms with Gasteiger partial charge in [0.15, 0.2) is 5.82 Å². The maximum Gasteiger partial charge on any atom is 0.160 e. The molecule has 0 fully saturated rings. The number of halogens is 1. The van der Waals surface area contributed by atoms with E-state index in [1.165, 1.54) is 60.9 Å². The maximum atomic E-state index is 6.60. The van der Waals surface area contributed by atoms with Crippen molar-refractivity contribution in [2.45, 2.75) is 78.2 Å². The minimum absolute atomic E-state index is 0.489. The standard InChI is InChI=1S/C31H35ClN4S/c1-3-4-5-6-7-8-11-23-14-16-24(17-15-23)18-19-25-20-27-30(26-12-9-10-13-28(26)32)33-21-29-35-34-22(2)36(29)31(27)37-25/h9-10,12-17,20H,3-8,11,18-19,21H2,1-2H3. The minimum atomic E-state index is 0.489. The second-order valence-corrected chi connectivity index (χ2v) is 11.4. The van der Waals surface area contributed by atoms with Crippen LogP contribution in [0.1, 0.15) is 84.2 Å². The van der Waals surface area contributed by atoms with E-state index in [1.807, 2.05) is 42.5 Å². The molecule has 5 rings (SSSR count). The van der Waals surface area contributed by atoms with Gasteiger partial charge >= 0.3 is 0 Å².